The van der Waals surface area contributed by atoms with Crippen molar-refractivity contribution in [3.05, 3.63) is 65.2 Å². The van der Waals surface area contributed by atoms with Crippen molar-refractivity contribution in [1.82, 2.24) is 19.5 Å². The van der Waals surface area contributed by atoms with E-state index in [1.165, 1.54) is 4.31 Å². The summed E-state index contributed by atoms with van der Waals surface area (Å²) in [5.41, 5.74) is 2.46. The molecule has 0 aliphatic rings. The van der Waals surface area contributed by atoms with Crippen LogP contribution in [0.1, 0.15) is 13.8 Å². The molecule has 1 N–H and O–H groups in total. The van der Waals surface area contributed by atoms with Gasteiger partial charge in [-0.1, -0.05) is 19.1 Å². The summed E-state index contributed by atoms with van der Waals surface area (Å²) in [7, 11) is -1.87. The average Bonchev–Trinajstić information content (AvgIpc) is 3.13. The van der Waals surface area contributed by atoms with Crippen molar-refractivity contribution in [2.45, 2.75) is 13.8 Å². The molecular formula is C22H23N5O3S. The molecule has 8 nitrogen and oxygen atoms in total. The summed E-state index contributed by atoms with van der Waals surface area (Å²) in [5.74, 6) is 0. The molecule has 0 saturated carbocycles. The molecule has 0 atom stereocenters. The SMILES string of the molecule is CCNS(=O)(=O)N(CC)c1ccc2ccc3ncc(-c4cnn(C)c4)cc3c(=O)c2c1. The summed E-state index contributed by atoms with van der Waals surface area (Å²) in [4.78, 5) is 17.9. The van der Waals surface area contributed by atoms with Crippen LogP contribution < -0.4 is 14.5 Å². The third kappa shape index (κ3) is 3.89. The molecule has 2 aromatic carbocycles. The van der Waals surface area contributed by atoms with Crippen LogP contribution in [-0.2, 0) is 17.3 Å². The molecule has 0 saturated heterocycles. The number of hydrogen-bond donors (Lipinski definition) is 1. The van der Waals surface area contributed by atoms with Gasteiger partial charge in [0.15, 0.2) is 5.43 Å². The molecule has 2 aromatic heterocycles. The predicted octanol–water partition coefficient (Wildman–Crippen LogP) is 2.83. The number of rotatable bonds is 6. The van der Waals surface area contributed by atoms with E-state index in [1.807, 2.05) is 19.3 Å². The maximum Gasteiger partial charge on any atom is 0.301 e. The number of aromatic nitrogens is 3. The zero-order valence-electron chi connectivity index (χ0n) is 17.5. The van der Waals surface area contributed by atoms with Crippen LogP contribution in [0, 0.1) is 0 Å². The van der Waals surface area contributed by atoms with Gasteiger partial charge in [-0.15, -0.1) is 0 Å². The second-order valence-corrected chi connectivity index (χ2v) is 8.84. The zero-order chi connectivity index (χ0) is 22.2. The summed E-state index contributed by atoms with van der Waals surface area (Å²) in [6.07, 6.45) is 5.30. The van der Waals surface area contributed by atoms with Crippen molar-refractivity contribution in [1.29, 1.82) is 0 Å². The van der Waals surface area contributed by atoms with Crippen molar-refractivity contribution >= 4 is 37.6 Å². The molecule has 4 rings (SSSR count). The Kier molecular flexibility index (Phi) is 5.47. The highest BCUT2D eigenvalue weighted by Crippen LogP contribution is 2.25. The molecule has 0 fully saturated rings. The topological polar surface area (TPSA) is 97.2 Å². The maximum absolute atomic E-state index is 13.5. The van der Waals surface area contributed by atoms with E-state index in [4.69, 9.17) is 0 Å². The highest BCUT2D eigenvalue weighted by molar-refractivity contribution is 7.90. The van der Waals surface area contributed by atoms with E-state index in [2.05, 4.69) is 14.8 Å². The van der Waals surface area contributed by atoms with Crippen molar-refractivity contribution in [2.75, 3.05) is 17.4 Å². The van der Waals surface area contributed by atoms with Crippen molar-refractivity contribution in [3.8, 4) is 11.1 Å². The minimum Gasteiger partial charge on any atom is -0.289 e. The molecule has 0 spiro atoms. The molecule has 0 aliphatic carbocycles. The lowest BCUT2D eigenvalue weighted by Crippen LogP contribution is -2.40. The minimum absolute atomic E-state index is 0.202. The lowest BCUT2D eigenvalue weighted by Gasteiger charge is -2.22. The van der Waals surface area contributed by atoms with Crippen LogP contribution in [0.4, 0.5) is 5.69 Å². The molecule has 160 valence electrons. The number of fused-ring (bicyclic) bond motifs is 2. The standard InChI is InChI=1S/C22H23N5O3S/c1-4-25-31(29,30)27(5-2)18-8-6-15-7-9-21-20(22(28)19(15)11-18)10-16(12-23-21)17-13-24-26(3)14-17/h6-14,25H,4-5H2,1-3H3. The predicted molar refractivity (Wildman–Crippen MR) is 123 cm³/mol. The van der Waals surface area contributed by atoms with Crippen LogP contribution in [0.3, 0.4) is 0 Å². The number of pyridine rings is 1. The Bertz CT molecular complexity index is 1450. The van der Waals surface area contributed by atoms with Gasteiger partial charge in [-0.25, -0.2) is 0 Å². The minimum atomic E-state index is -3.70. The van der Waals surface area contributed by atoms with E-state index in [0.29, 0.717) is 27.4 Å². The Morgan fingerprint density at radius 2 is 1.81 bits per heavy atom. The van der Waals surface area contributed by atoms with Gasteiger partial charge in [0.25, 0.3) is 0 Å². The third-order valence-electron chi connectivity index (χ3n) is 5.10. The van der Waals surface area contributed by atoms with Gasteiger partial charge in [0.2, 0.25) is 0 Å². The Morgan fingerprint density at radius 3 is 2.48 bits per heavy atom. The van der Waals surface area contributed by atoms with Gasteiger partial charge in [-0.3, -0.25) is 18.8 Å². The second kappa shape index (κ2) is 8.09. The molecule has 0 amide bonds. The fourth-order valence-corrected chi connectivity index (χ4v) is 4.88. The summed E-state index contributed by atoms with van der Waals surface area (Å²) >= 11 is 0. The first-order chi connectivity index (χ1) is 14.8. The molecule has 0 radical (unpaired) electrons. The first-order valence-corrected chi connectivity index (χ1v) is 11.4. The summed E-state index contributed by atoms with van der Waals surface area (Å²) in [5, 5.41) is 5.79. The number of nitrogens with one attached hydrogen (secondary N) is 1. The van der Waals surface area contributed by atoms with Crippen LogP contribution in [0.15, 0.2) is 59.8 Å². The molecular weight excluding hydrogens is 414 g/mol. The van der Waals surface area contributed by atoms with E-state index >= 15 is 0 Å². The van der Waals surface area contributed by atoms with Crippen molar-refractivity contribution in [2.24, 2.45) is 7.05 Å². The monoisotopic (exact) mass is 437 g/mol. The van der Waals surface area contributed by atoms with Crippen LogP contribution in [0.5, 0.6) is 0 Å². The Labute approximate surface area is 180 Å². The molecule has 9 heteroatoms. The normalized spacial score (nSPS) is 11.8. The molecule has 2 heterocycles. The average molecular weight is 438 g/mol. The molecule has 31 heavy (non-hydrogen) atoms. The quantitative estimate of drug-likeness (QED) is 0.500. The molecule has 0 unspecified atom stereocenters. The van der Waals surface area contributed by atoms with E-state index in [9.17, 15) is 13.2 Å². The highest BCUT2D eigenvalue weighted by Gasteiger charge is 2.20. The largest absolute Gasteiger partial charge is 0.301 e. The number of aryl methyl sites for hydroxylation is 1. The van der Waals surface area contributed by atoms with Gasteiger partial charge < -0.3 is 0 Å². The lowest BCUT2D eigenvalue weighted by atomic mass is 10.1. The van der Waals surface area contributed by atoms with Crippen LogP contribution in [-0.4, -0.2) is 36.3 Å². The summed E-state index contributed by atoms with van der Waals surface area (Å²) in [6.45, 7) is 3.99. The number of benzene rings is 1. The Hall–Kier alpha value is -3.30. The molecule has 0 aliphatic heterocycles. The fraction of sp³-hybridized carbons (Fsp3) is 0.227. The van der Waals surface area contributed by atoms with Gasteiger partial charge in [0, 0.05) is 54.4 Å². The maximum atomic E-state index is 13.5. The van der Waals surface area contributed by atoms with E-state index in [-0.39, 0.29) is 18.5 Å². The van der Waals surface area contributed by atoms with E-state index in [0.717, 1.165) is 11.1 Å². The van der Waals surface area contributed by atoms with Gasteiger partial charge in [-0.05, 0) is 36.6 Å². The van der Waals surface area contributed by atoms with Crippen molar-refractivity contribution in [3.63, 3.8) is 0 Å². The van der Waals surface area contributed by atoms with Crippen LogP contribution >= 0.6 is 0 Å². The van der Waals surface area contributed by atoms with Crippen LogP contribution in [0.2, 0.25) is 0 Å². The van der Waals surface area contributed by atoms with Gasteiger partial charge in [-0.2, -0.15) is 18.2 Å². The Balaban J connectivity index is 1.94. The van der Waals surface area contributed by atoms with Crippen LogP contribution in [0.25, 0.3) is 32.8 Å². The van der Waals surface area contributed by atoms with E-state index in [1.54, 1.807) is 61.3 Å². The Morgan fingerprint density at radius 1 is 1.03 bits per heavy atom. The number of anilines is 1. The summed E-state index contributed by atoms with van der Waals surface area (Å²) in [6, 6.07) is 10.5. The summed E-state index contributed by atoms with van der Waals surface area (Å²) < 4.78 is 30.6. The number of nitrogens with zero attached hydrogens (tertiary/aromatic N) is 4. The smallest absolute Gasteiger partial charge is 0.289 e. The highest BCUT2D eigenvalue weighted by atomic mass is 32.2. The van der Waals surface area contributed by atoms with Gasteiger partial charge in [0.05, 0.1) is 17.4 Å². The van der Waals surface area contributed by atoms with Gasteiger partial charge in [0.1, 0.15) is 0 Å². The zero-order valence-corrected chi connectivity index (χ0v) is 18.3. The molecule has 4 aromatic rings. The second-order valence-electron chi connectivity index (χ2n) is 7.16. The number of hydrogen-bond acceptors (Lipinski definition) is 5. The first-order valence-electron chi connectivity index (χ1n) is 9.97. The van der Waals surface area contributed by atoms with Crippen molar-refractivity contribution < 1.29 is 8.42 Å². The first kappa shape index (κ1) is 21.0. The third-order valence-corrected chi connectivity index (χ3v) is 6.80. The fourth-order valence-electron chi connectivity index (χ4n) is 3.62. The molecule has 0 bridgehead atoms. The van der Waals surface area contributed by atoms with E-state index < -0.39 is 10.2 Å². The lowest BCUT2D eigenvalue weighted by molar-refractivity contribution is 0.579. The van der Waals surface area contributed by atoms with Gasteiger partial charge >= 0.3 is 10.2 Å².